The van der Waals surface area contributed by atoms with E-state index in [0.717, 1.165) is 17.0 Å². The van der Waals surface area contributed by atoms with Crippen molar-refractivity contribution in [2.24, 2.45) is 0 Å². The summed E-state index contributed by atoms with van der Waals surface area (Å²) >= 11 is 1.35. The fraction of sp³-hybridized carbons (Fsp3) is 0.333. The lowest BCUT2D eigenvalue weighted by Crippen LogP contribution is -2.15. The molecule has 1 aliphatic carbocycles. The normalized spacial score (nSPS) is 14.1. The molecule has 1 aromatic carbocycles. The van der Waals surface area contributed by atoms with Gasteiger partial charge in [0.25, 0.3) is 5.91 Å². The van der Waals surface area contributed by atoms with Gasteiger partial charge in [-0.2, -0.15) is 0 Å². The Balaban J connectivity index is 1.54. The molecule has 4 N–H and O–H groups in total. The number of aryl methyl sites for hydroxylation is 2. The second-order valence-electron chi connectivity index (χ2n) is 7.45. The Hall–Kier alpha value is -2.91. The van der Waals surface area contributed by atoms with Crippen LogP contribution in [0.5, 0.6) is 0 Å². The van der Waals surface area contributed by atoms with E-state index in [4.69, 9.17) is 0 Å². The molecule has 156 valence electrons. The largest absolute Gasteiger partial charge is 0.337 e. The number of nitrogens with one attached hydrogen (secondary N) is 3. The first-order valence-electron chi connectivity index (χ1n) is 9.92. The van der Waals surface area contributed by atoms with Gasteiger partial charge < -0.3 is 4.98 Å². The van der Waals surface area contributed by atoms with E-state index in [-0.39, 0.29) is 11.9 Å². The fourth-order valence-corrected chi connectivity index (χ4v) is 4.57. The summed E-state index contributed by atoms with van der Waals surface area (Å²) in [5.74, 6) is 0.415. The van der Waals surface area contributed by atoms with E-state index in [9.17, 15) is 10.0 Å². The van der Waals surface area contributed by atoms with Crippen LogP contribution in [0.3, 0.4) is 0 Å². The maximum absolute atomic E-state index is 13.0. The van der Waals surface area contributed by atoms with Crippen LogP contribution in [0.1, 0.15) is 58.9 Å². The summed E-state index contributed by atoms with van der Waals surface area (Å²) in [5, 5.41) is 12.7. The van der Waals surface area contributed by atoms with Crippen molar-refractivity contribution in [2.75, 3.05) is 10.8 Å². The second kappa shape index (κ2) is 8.85. The number of anilines is 2. The minimum absolute atomic E-state index is 0.254. The Kier molecular flexibility index (Phi) is 6.01. The molecule has 4 rings (SSSR count). The number of nitrogens with zero attached hydrogens (tertiary/aromatic N) is 3. The molecule has 0 unspecified atom stereocenters. The highest BCUT2D eigenvalue weighted by Crippen LogP contribution is 2.34. The van der Waals surface area contributed by atoms with E-state index in [0.29, 0.717) is 27.2 Å². The Morgan fingerprint density at radius 3 is 2.57 bits per heavy atom. The van der Waals surface area contributed by atoms with Crippen LogP contribution >= 0.6 is 11.8 Å². The average molecular weight is 425 g/mol. The molecule has 3 aromatic rings. The van der Waals surface area contributed by atoms with Crippen molar-refractivity contribution in [3.05, 3.63) is 53.1 Å². The van der Waals surface area contributed by atoms with E-state index < -0.39 is 0 Å². The van der Waals surface area contributed by atoms with Crippen LogP contribution in [0.25, 0.3) is 0 Å². The van der Waals surface area contributed by atoms with E-state index in [1.165, 1.54) is 37.4 Å². The number of hydrogen-bond donors (Lipinski definition) is 4. The summed E-state index contributed by atoms with van der Waals surface area (Å²) in [6.45, 7) is 3.88. The number of hydrogen-bond acceptors (Lipinski definition) is 7. The van der Waals surface area contributed by atoms with Crippen LogP contribution in [0.4, 0.5) is 11.6 Å². The number of carbonyl (C=O) groups excluding carboxylic acids is 1. The van der Waals surface area contributed by atoms with Gasteiger partial charge in [-0.3, -0.25) is 20.8 Å². The van der Waals surface area contributed by atoms with E-state index >= 15 is 0 Å². The molecule has 1 amide bonds. The summed E-state index contributed by atoms with van der Waals surface area (Å²) in [7, 11) is 0. The molecule has 2 aromatic heterocycles. The number of benzene rings is 1. The minimum atomic E-state index is -0.358. The van der Waals surface area contributed by atoms with Crippen molar-refractivity contribution in [1.82, 2.24) is 19.9 Å². The molecule has 0 aliphatic heterocycles. The number of H-pyrrole nitrogens is 1. The molecule has 9 heteroatoms. The van der Waals surface area contributed by atoms with Gasteiger partial charge in [0.2, 0.25) is 5.95 Å². The zero-order chi connectivity index (χ0) is 21.1. The summed E-state index contributed by atoms with van der Waals surface area (Å²) in [4.78, 5) is 30.0. The number of aromatic nitrogens is 4. The van der Waals surface area contributed by atoms with E-state index in [2.05, 4.69) is 30.7 Å². The van der Waals surface area contributed by atoms with Crippen molar-refractivity contribution < 1.29 is 10.0 Å². The standard InChI is InChI=1S/C21H24N6O2S/c1-12-13(2)25-21(24-12)30-18-8-7-16(27-29)9-17(18)19(28)26-20-22-10-15(11-23-20)14-5-3-4-6-14/h7-11,14,27,29H,3-6H2,1-2H3,(H,24,25)(H,22,23,26,28). The summed E-state index contributed by atoms with van der Waals surface area (Å²) in [5.41, 5.74) is 5.89. The molecule has 0 spiro atoms. The van der Waals surface area contributed by atoms with Gasteiger partial charge in [-0.1, -0.05) is 24.6 Å². The molecule has 0 radical (unpaired) electrons. The van der Waals surface area contributed by atoms with Crippen molar-refractivity contribution in [3.8, 4) is 0 Å². The van der Waals surface area contributed by atoms with Crippen molar-refractivity contribution in [1.29, 1.82) is 0 Å². The van der Waals surface area contributed by atoms with Crippen molar-refractivity contribution >= 4 is 29.3 Å². The first-order chi connectivity index (χ1) is 14.5. The lowest BCUT2D eigenvalue weighted by molar-refractivity contribution is 0.102. The van der Waals surface area contributed by atoms with Crippen LogP contribution in [0.2, 0.25) is 0 Å². The number of rotatable bonds is 6. The third-order valence-electron chi connectivity index (χ3n) is 5.39. The first-order valence-corrected chi connectivity index (χ1v) is 10.7. The number of imidazole rings is 1. The average Bonchev–Trinajstić information content (AvgIpc) is 3.39. The highest BCUT2D eigenvalue weighted by Gasteiger charge is 2.19. The minimum Gasteiger partial charge on any atom is -0.337 e. The Bertz CT molecular complexity index is 1020. The molecule has 8 nitrogen and oxygen atoms in total. The Labute approximate surface area is 178 Å². The first kappa shape index (κ1) is 20.4. The Morgan fingerprint density at radius 1 is 1.20 bits per heavy atom. The molecule has 1 fully saturated rings. The van der Waals surface area contributed by atoms with Crippen LogP contribution in [-0.4, -0.2) is 31.1 Å². The van der Waals surface area contributed by atoms with Crippen LogP contribution in [0.15, 0.2) is 40.6 Å². The molecular weight excluding hydrogens is 400 g/mol. The molecule has 1 saturated carbocycles. The van der Waals surface area contributed by atoms with Crippen molar-refractivity contribution in [3.63, 3.8) is 0 Å². The maximum atomic E-state index is 13.0. The monoisotopic (exact) mass is 424 g/mol. The van der Waals surface area contributed by atoms with Crippen LogP contribution in [-0.2, 0) is 0 Å². The molecule has 30 heavy (non-hydrogen) atoms. The van der Waals surface area contributed by atoms with Gasteiger partial charge in [-0.05, 0) is 56.4 Å². The van der Waals surface area contributed by atoms with Crippen LogP contribution < -0.4 is 10.8 Å². The zero-order valence-corrected chi connectivity index (χ0v) is 17.7. The quantitative estimate of drug-likeness (QED) is 0.425. The fourth-order valence-electron chi connectivity index (χ4n) is 3.57. The molecule has 0 bridgehead atoms. The third-order valence-corrected chi connectivity index (χ3v) is 6.35. The highest BCUT2D eigenvalue weighted by molar-refractivity contribution is 7.99. The lowest BCUT2D eigenvalue weighted by Gasteiger charge is -2.11. The van der Waals surface area contributed by atoms with Crippen LogP contribution in [0, 0.1) is 13.8 Å². The highest BCUT2D eigenvalue weighted by atomic mass is 32.2. The lowest BCUT2D eigenvalue weighted by atomic mass is 10.0. The summed E-state index contributed by atoms with van der Waals surface area (Å²) in [6.07, 6.45) is 8.43. The van der Waals surface area contributed by atoms with Gasteiger partial charge in [-0.25, -0.2) is 15.0 Å². The van der Waals surface area contributed by atoms with Gasteiger partial charge in [0.1, 0.15) is 0 Å². The zero-order valence-electron chi connectivity index (χ0n) is 16.9. The molecular formula is C21H24N6O2S. The predicted molar refractivity (Wildman–Crippen MR) is 115 cm³/mol. The summed E-state index contributed by atoms with van der Waals surface area (Å²) in [6, 6.07) is 5.03. The number of carbonyl (C=O) groups is 1. The topological polar surface area (TPSA) is 116 Å². The van der Waals surface area contributed by atoms with Gasteiger partial charge in [0.05, 0.1) is 16.9 Å². The smallest absolute Gasteiger partial charge is 0.259 e. The van der Waals surface area contributed by atoms with Gasteiger partial charge in [0, 0.05) is 23.0 Å². The SMILES string of the molecule is Cc1nc(Sc2ccc(NO)cc2C(=O)Nc2ncc(C3CCCC3)cn2)[nH]c1C. The number of aromatic amines is 1. The second-order valence-corrected chi connectivity index (χ2v) is 8.48. The summed E-state index contributed by atoms with van der Waals surface area (Å²) < 4.78 is 0. The van der Waals surface area contributed by atoms with Gasteiger partial charge in [0.15, 0.2) is 5.16 Å². The predicted octanol–water partition coefficient (Wildman–Crippen LogP) is 4.68. The van der Waals surface area contributed by atoms with Crippen molar-refractivity contribution in [2.45, 2.75) is 55.5 Å². The van der Waals surface area contributed by atoms with Gasteiger partial charge >= 0.3 is 0 Å². The van der Waals surface area contributed by atoms with E-state index in [1.54, 1.807) is 30.6 Å². The molecule has 0 atom stereocenters. The molecule has 2 heterocycles. The Morgan fingerprint density at radius 2 is 1.93 bits per heavy atom. The number of amides is 1. The molecule has 1 aliphatic rings. The maximum Gasteiger partial charge on any atom is 0.259 e. The van der Waals surface area contributed by atoms with E-state index in [1.807, 2.05) is 13.8 Å². The molecule has 0 saturated heterocycles. The third kappa shape index (κ3) is 4.47. The van der Waals surface area contributed by atoms with Gasteiger partial charge in [-0.15, -0.1) is 0 Å².